The number of hydrogen-bond acceptors (Lipinski definition) is 4. The molecule has 0 bridgehead atoms. The second-order valence-electron chi connectivity index (χ2n) is 3.67. The van der Waals surface area contributed by atoms with Crippen LogP contribution in [0, 0.1) is 0 Å². The Hall–Kier alpha value is -0.880. The summed E-state index contributed by atoms with van der Waals surface area (Å²) in [6.45, 7) is 3.43. The first kappa shape index (κ1) is 9.67. The van der Waals surface area contributed by atoms with E-state index in [1.165, 1.54) is 17.4 Å². The Balaban J connectivity index is 2.78. The molecule has 76 valence electrons. The Bertz CT molecular complexity index is 498. The fourth-order valence-electron chi connectivity index (χ4n) is 1.37. The van der Waals surface area contributed by atoms with Crippen LogP contribution in [-0.2, 0) is 20.2 Å². The van der Waals surface area contributed by atoms with Crippen molar-refractivity contribution in [3.63, 3.8) is 0 Å². The number of thiophene rings is 1. The molecule has 0 unspecified atom stereocenters. The quantitative estimate of drug-likeness (QED) is 0.719. The second-order valence-corrected chi connectivity index (χ2v) is 6.24. The summed E-state index contributed by atoms with van der Waals surface area (Å²) in [6, 6.07) is 1.52. The highest BCUT2D eigenvalue weighted by Gasteiger charge is 2.43. The zero-order chi connectivity index (χ0) is 10.6. The maximum atomic E-state index is 11.5. The minimum absolute atomic E-state index is 0.229. The van der Waals surface area contributed by atoms with Crippen molar-refractivity contribution >= 4 is 27.3 Å². The van der Waals surface area contributed by atoms with Gasteiger partial charge in [-0.3, -0.25) is 4.79 Å². The van der Waals surface area contributed by atoms with Crippen LogP contribution in [0.5, 0.6) is 0 Å². The Morgan fingerprint density at radius 1 is 1.43 bits per heavy atom. The first-order valence-electron chi connectivity index (χ1n) is 4.01. The Labute approximate surface area is 86.0 Å². The smallest absolute Gasteiger partial charge is 0.265 e. The molecule has 0 atom stereocenters. The third kappa shape index (κ3) is 1.10. The molecule has 1 aliphatic rings. The molecule has 1 aromatic heterocycles. The third-order valence-corrected chi connectivity index (χ3v) is 5.02. The number of carbonyl (C=O) groups excluding carboxylic acids is 1. The van der Waals surface area contributed by atoms with E-state index in [2.05, 4.69) is 0 Å². The van der Waals surface area contributed by atoms with Crippen molar-refractivity contribution in [1.82, 2.24) is 4.72 Å². The van der Waals surface area contributed by atoms with Gasteiger partial charge in [0.05, 0.1) is 5.41 Å². The molecule has 0 aliphatic carbocycles. The van der Waals surface area contributed by atoms with Gasteiger partial charge in [-0.2, -0.15) is 0 Å². The van der Waals surface area contributed by atoms with Gasteiger partial charge < -0.3 is 0 Å². The number of sulfonamides is 1. The van der Waals surface area contributed by atoms with Crippen molar-refractivity contribution < 1.29 is 13.2 Å². The van der Waals surface area contributed by atoms with Crippen LogP contribution < -0.4 is 4.72 Å². The predicted octanol–water partition coefficient (Wildman–Crippen LogP) is 0.844. The highest BCUT2D eigenvalue weighted by molar-refractivity contribution is 7.90. The molecule has 0 fully saturated rings. The fourth-order valence-corrected chi connectivity index (χ4v) is 4.20. The maximum Gasteiger partial charge on any atom is 0.265 e. The summed E-state index contributed by atoms with van der Waals surface area (Å²) < 4.78 is 25.0. The van der Waals surface area contributed by atoms with Crippen molar-refractivity contribution in [2.75, 3.05) is 0 Å². The Morgan fingerprint density at radius 3 is 2.71 bits per heavy atom. The van der Waals surface area contributed by atoms with Gasteiger partial charge in [0.2, 0.25) is 5.91 Å². The first-order chi connectivity index (χ1) is 6.36. The van der Waals surface area contributed by atoms with E-state index < -0.39 is 21.3 Å². The summed E-state index contributed by atoms with van der Waals surface area (Å²) in [5, 5.41) is 1.68. The van der Waals surface area contributed by atoms with Gasteiger partial charge in [-0.05, 0) is 25.3 Å². The highest BCUT2D eigenvalue weighted by Crippen LogP contribution is 2.37. The van der Waals surface area contributed by atoms with Gasteiger partial charge >= 0.3 is 0 Å². The molecule has 0 spiro atoms. The molecule has 4 nitrogen and oxygen atoms in total. The van der Waals surface area contributed by atoms with Crippen molar-refractivity contribution in [2.24, 2.45) is 0 Å². The van der Waals surface area contributed by atoms with Crippen LogP contribution in [-0.4, -0.2) is 14.3 Å². The number of fused-ring (bicyclic) bond motifs is 1. The number of carbonyl (C=O) groups is 1. The largest absolute Gasteiger partial charge is 0.273 e. The summed E-state index contributed by atoms with van der Waals surface area (Å²) in [7, 11) is -3.61. The average molecular weight is 231 g/mol. The van der Waals surface area contributed by atoms with Crippen molar-refractivity contribution in [2.45, 2.75) is 24.2 Å². The lowest BCUT2D eigenvalue weighted by atomic mass is 9.90. The zero-order valence-electron chi connectivity index (χ0n) is 7.70. The first-order valence-corrected chi connectivity index (χ1v) is 6.37. The monoisotopic (exact) mass is 231 g/mol. The standard InChI is InChI=1S/C8H9NO3S2/c1-8(2)6-5(3-4-13-6)14(11,12)9-7(8)10/h3-4H,1-2H3,(H,9,10). The van der Waals surface area contributed by atoms with Gasteiger partial charge in [-0.15, -0.1) is 11.3 Å². The van der Waals surface area contributed by atoms with E-state index in [4.69, 9.17) is 0 Å². The minimum atomic E-state index is -3.61. The van der Waals surface area contributed by atoms with Crippen molar-refractivity contribution in [3.05, 3.63) is 16.3 Å². The summed E-state index contributed by atoms with van der Waals surface area (Å²) >= 11 is 1.30. The van der Waals surface area contributed by atoms with E-state index in [9.17, 15) is 13.2 Å². The molecular weight excluding hydrogens is 222 g/mol. The maximum absolute atomic E-state index is 11.5. The van der Waals surface area contributed by atoms with Crippen LogP contribution in [0.3, 0.4) is 0 Å². The molecule has 0 aromatic carbocycles. The molecule has 2 heterocycles. The molecule has 2 rings (SSSR count). The van der Waals surface area contributed by atoms with E-state index in [0.717, 1.165) is 0 Å². The molecule has 6 heteroatoms. The van der Waals surface area contributed by atoms with Gasteiger partial charge in [0.15, 0.2) is 0 Å². The molecule has 1 amide bonds. The molecule has 1 N–H and O–H groups in total. The van der Waals surface area contributed by atoms with Gasteiger partial charge in [0.1, 0.15) is 4.90 Å². The summed E-state index contributed by atoms with van der Waals surface area (Å²) in [4.78, 5) is 12.3. The number of hydrogen-bond donors (Lipinski definition) is 1. The lowest BCUT2D eigenvalue weighted by molar-refractivity contribution is -0.124. The summed E-state index contributed by atoms with van der Waals surface area (Å²) in [5.74, 6) is -0.465. The van der Waals surface area contributed by atoms with Gasteiger partial charge in [-0.25, -0.2) is 13.1 Å². The average Bonchev–Trinajstić information content (AvgIpc) is 2.49. The minimum Gasteiger partial charge on any atom is -0.273 e. The third-order valence-electron chi connectivity index (χ3n) is 2.28. The number of amides is 1. The van der Waals surface area contributed by atoms with Crippen LogP contribution in [0.15, 0.2) is 16.3 Å². The van der Waals surface area contributed by atoms with Crippen LogP contribution in [0.4, 0.5) is 0 Å². The van der Waals surface area contributed by atoms with E-state index in [-0.39, 0.29) is 4.90 Å². The van der Waals surface area contributed by atoms with E-state index in [0.29, 0.717) is 4.88 Å². The van der Waals surface area contributed by atoms with Gasteiger partial charge in [0, 0.05) is 4.88 Å². The molecule has 0 saturated carbocycles. The molecular formula is C8H9NO3S2. The Kier molecular flexibility index (Phi) is 1.78. The second kappa shape index (κ2) is 2.58. The van der Waals surface area contributed by atoms with Crippen LogP contribution in [0.25, 0.3) is 0 Å². The van der Waals surface area contributed by atoms with Crippen LogP contribution >= 0.6 is 11.3 Å². The Morgan fingerprint density at radius 2 is 2.07 bits per heavy atom. The molecule has 1 aromatic rings. The van der Waals surface area contributed by atoms with Crippen molar-refractivity contribution in [3.8, 4) is 0 Å². The molecule has 1 aliphatic heterocycles. The number of rotatable bonds is 0. The topological polar surface area (TPSA) is 63.2 Å². The van der Waals surface area contributed by atoms with E-state index in [1.54, 1.807) is 19.2 Å². The normalized spacial score (nSPS) is 22.6. The number of nitrogens with one attached hydrogen (secondary N) is 1. The summed E-state index contributed by atoms with van der Waals surface area (Å²) in [5.41, 5.74) is -0.755. The fraction of sp³-hybridized carbons (Fsp3) is 0.375. The lowest BCUT2D eigenvalue weighted by Crippen LogP contribution is -2.47. The summed E-state index contributed by atoms with van der Waals surface area (Å²) in [6.07, 6.45) is 0. The molecule has 0 saturated heterocycles. The predicted molar refractivity (Wildman–Crippen MR) is 52.7 cm³/mol. The van der Waals surface area contributed by atoms with Gasteiger partial charge in [-0.1, -0.05) is 0 Å². The molecule has 14 heavy (non-hydrogen) atoms. The SMILES string of the molecule is CC1(C)C(=O)NS(=O)(=O)c2ccsc21. The lowest BCUT2D eigenvalue weighted by Gasteiger charge is -2.28. The van der Waals surface area contributed by atoms with E-state index >= 15 is 0 Å². The highest BCUT2D eigenvalue weighted by atomic mass is 32.2. The zero-order valence-corrected chi connectivity index (χ0v) is 9.33. The van der Waals surface area contributed by atoms with Crippen LogP contribution in [0.2, 0.25) is 0 Å². The van der Waals surface area contributed by atoms with E-state index in [1.807, 2.05) is 4.72 Å². The van der Waals surface area contributed by atoms with Crippen LogP contribution in [0.1, 0.15) is 18.7 Å². The van der Waals surface area contributed by atoms with Crippen molar-refractivity contribution in [1.29, 1.82) is 0 Å². The molecule has 0 radical (unpaired) electrons. The van der Waals surface area contributed by atoms with Gasteiger partial charge in [0.25, 0.3) is 10.0 Å².